The Kier molecular flexibility index (Phi) is 7.67. The highest BCUT2D eigenvalue weighted by atomic mass is 127. The molecular weight excluding hydrogens is 399 g/mol. The molecule has 0 spiro atoms. The average Bonchev–Trinajstić information content (AvgIpc) is 2.15. The second-order valence-electron chi connectivity index (χ2n) is 3.63. The fourth-order valence-electron chi connectivity index (χ4n) is 1.19. The van der Waals surface area contributed by atoms with Crippen LogP contribution in [0.25, 0.3) is 0 Å². The topological polar surface area (TPSA) is 6.25 Å². The number of thioether (sulfide) groups is 1. The molecule has 0 fully saturated rings. The summed E-state index contributed by atoms with van der Waals surface area (Å²) in [5.74, 6) is 0. The van der Waals surface area contributed by atoms with Gasteiger partial charge in [-0.2, -0.15) is 0 Å². The standard InChI is InChI=1S/C11H16BrN2S.HI/c1-13(2)11(14(3)4)15-10-7-5-9(12)6-8-10;/h5-8H,1-4H3;1H/q+1;/p-1. The van der Waals surface area contributed by atoms with Crippen molar-refractivity contribution >= 4 is 32.9 Å². The van der Waals surface area contributed by atoms with Crippen LogP contribution in [0.15, 0.2) is 33.6 Å². The highest BCUT2D eigenvalue weighted by molar-refractivity contribution is 9.10. The first kappa shape index (κ1) is 16.2. The van der Waals surface area contributed by atoms with E-state index in [0.29, 0.717) is 0 Å². The fraction of sp³-hybridized carbons (Fsp3) is 0.364. The van der Waals surface area contributed by atoms with Crippen LogP contribution >= 0.6 is 27.7 Å². The number of amidine groups is 1. The zero-order valence-electron chi connectivity index (χ0n) is 9.87. The molecular formula is C11H16BrIN2S. The molecule has 16 heavy (non-hydrogen) atoms. The van der Waals surface area contributed by atoms with Gasteiger partial charge in [0.25, 0.3) is 0 Å². The number of halogens is 2. The quantitative estimate of drug-likeness (QED) is 0.205. The summed E-state index contributed by atoms with van der Waals surface area (Å²) in [6.45, 7) is 0. The molecule has 1 rings (SSSR count). The van der Waals surface area contributed by atoms with Crippen molar-refractivity contribution < 1.29 is 28.6 Å². The molecule has 0 aromatic heterocycles. The van der Waals surface area contributed by atoms with Gasteiger partial charge in [0.05, 0.1) is 28.2 Å². The van der Waals surface area contributed by atoms with Crippen LogP contribution in [0.5, 0.6) is 0 Å². The van der Waals surface area contributed by atoms with Crippen molar-refractivity contribution in [1.29, 1.82) is 0 Å². The number of hydrogen-bond donors (Lipinski definition) is 0. The molecule has 0 saturated heterocycles. The van der Waals surface area contributed by atoms with Crippen molar-refractivity contribution in [3.63, 3.8) is 0 Å². The first-order valence-electron chi connectivity index (χ1n) is 4.65. The lowest BCUT2D eigenvalue weighted by molar-refractivity contribution is -0.466. The number of nitrogens with zero attached hydrogens (tertiary/aromatic N) is 2. The van der Waals surface area contributed by atoms with Crippen LogP contribution in [0.3, 0.4) is 0 Å². The largest absolute Gasteiger partial charge is 1.00 e. The summed E-state index contributed by atoms with van der Waals surface area (Å²) in [7, 11) is 8.23. The highest BCUT2D eigenvalue weighted by Gasteiger charge is 2.13. The molecule has 0 radical (unpaired) electrons. The maximum atomic E-state index is 3.43. The monoisotopic (exact) mass is 414 g/mol. The molecule has 0 aliphatic heterocycles. The third-order valence-corrected chi connectivity index (χ3v) is 3.74. The minimum Gasteiger partial charge on any atom is -1.00 e. The number of hydrogen-bond acceptors (Lipinski definition) is 1. The Morgan fingerprint density at radius 2 is 1.69 bits per heavy atom. The van der Waals surface area contributed by atoms with Crippen LogP contribution in [0, 0.1) is 0 Å². The maximum absolute atomic E-state index is 3.43. The molecule has 1 aromatic rings. The van der Waals surface area contributed by atoms with E-state index in [2.05, 4.69) is 77.9 Å². The molecule has 0 N–H and O–H groups in total. The number of benzene rings is 1. The molecule has 0 heterocycles. The predicted molar refractivity (Wildman–Crippen MR) is 70.8 cm³/mol. The van der Waals surface area contributed by atoms with Crippen LogP contribution < -0.4 is 24.0 Å². The van der Waals surface area contributed by atoms with E-state index in [1.807, 2.05) is 0 Å². The van der Waals surface area contributed by atoms with E-state index in [1.54, 1.807) is 11.8 Å². The molecule has 0 bridgehead atoms. The Bertz CT molecular complexity index is 359. The Morgan fingerprint density at radius 1 is 1.19 bits per heavy atom. The molecule has 5 heteroatoms. The van der Waals surface area contributed by atoms with Gasteiger partial charge < -0.3 is 24.0 Å². The Balaban J connectivity index is 0.00000225. The summed E-state index contributed by atoms with van der Waals surface area (Å²) in [5, 5.41) is 1.22. The second-order valence-corrected chi connectivity index (χ2v) is 5.58. The molecule has 0 aliphatic carbocycles. The van der Waals surface area contributed by atoms with Crippen molar-refractivity contribution in [1.82, 2.24) is 4.90 Å². The molecule has 0 aliphatic rings. The molecule has 2 nitrogen and oxygen atoms in total. The van der Waals surface area contributed by atoms with Crippen LogP contribution in [-0.2, 0) is 0 Å². The van der Waals surface area contributed by atoms with Gasteiger partial charge in [0, 0.05) is 9.37 Å². The smallest absolute Gasteiger partial charge is 0.312 e. The molecule has 0 saturated carbocycles. The van der Waals surface area contributed by atoms with Gasteiger partial charge in [-0.3, -0.25) is 9.48 Å². The van der Waals surface area contributed by atoms with E-state index in [9.17, 15) is 0 Å². The van der Waals surface area contributed by atoms with E-state index in [0.717, 1.165) is 4.47 Å². The van der Waals surface area contributed by atoms with Crippen molar-refractivity contribution in [2.45, 2.75) is 4.90 Å². The fourth-order valence-corrected chi connectivity index (χ4v) is 2.30. The van der Waals surface area contributed by atoms with Crippen molar-refractivity contribution in [3.05, 3.63) is 28.7 Å². The predicted octanol–water partition coefficient (Wildman–Crippen LogP) is -0.265. The van der Waals surface area contributed by atoms with Gasteiger partial charge in [-0.05, 0) is 36.0 Å². The van der Waals surface area contributed by atoms with Gasteiger partial charge in [-0.15, -0.1) is 0 Å². The van der Waals surface area contributed by atoms with Crippen LogP contribution in [0.2, 0.25) is 0 Å². The van der Waals surface area contributed by atoms with Crippen LogP contribution in [-0.4, -0.2) is 42.8 Å². The zero-order valence-corrected chi connectivity index (χ0v) is 14.4. The van der Waals surface area contributed by atoms with Crippen LogP contribution in [0.4, 0.5) is 0 Å². The van der Waals surface area contributed by atoms with Gasteiger partial charge in [0.1, 0.15) is 0 Å². The van der Waals surface area contributed by atoms with Gasteiger partial charge in [-0.25, -0.2) is 0 Å². The van der Waals surface area contributed by atoms with E-state index in [-0.39, 0.29) is 24.0 Å². The van der Waals surface area contributed by atoms with Gasteiger partial charge in [-0.1, -0.05) is 15.9 Å². The lowest BCUT2D eigenvalue weighted by Crippen LogP contribution is -3.00. The average molecular weight is 415 g/mol. The number of rotatable bonds is 1. The molecule has 0 atom stereocenters. The van der Waals surface area contributed by atoms with Gasteiger partial charge >= 0.3 is 5.17 Å². The summed E-state index contributed by atoms with van der Waals surface area (Å²) >= 11 is 5.19. The van der Waals surface area contributed by atoms with Crippen LogP contribution in [0.1, 0.15) is 0 Å². The maximum Gasteiger partial charge on any atom is 0.312 e. The summed E-state index contributed by atoms with van der Waals surface area (Å²) in [5.41, 5.74) is 0. The molecule has 0 unspecified atom stereocenters. The highest BCUT2D eigenvalue weighted by Crippen LogP contribution is 2.22. The Labute approximate surface area is 127 Å². The minimum atomic E-state index is 0. The van der Waals surface area contributed by atoms with Crippen molar-refractivity contribution in [2.24, 2.45) is 0 Å². The molecule has 90 valence electrons. The van der Waals surface area contributed by atoms with Gasteiger partial charge in [0.2, 0.25) is 0 Å². The Morgan fingerprint density at radius 3 is 2.06 bits per heavy atom. The first-order valence-corrected chi connectivity index (χ1v) is 6.26. The third kappa shape index (κ3) is 5.05. The van der Waals surface area contributed by atoms with Crippen molar-refractivity contribution in [3.8, 4) is 0 Å². The van der Waals surface area contributed by atoms with E-state index in [1.165, 1.54) is 10.1 Å². The summed E-state index contributed by atoms with van der Waals surface area (Å²) in [6.07, 6.45) is 0. The molecule has 0 amide bonds. The normalized spacial score (nSPS) is 9.31. The summed E-state index contributed by atoms with van der Waals surface area (Å²) in [4.78, 5) is 3.36. The summed E-state index contributed by atoms with van der Waals surface area (Å²) in [6, 6.07) is 8.35. The zero-order chi connectivity index (χ0) is 11.4. The van der Waals surface area contributed by atoms with E-state index < -0.39 is 0 Å². The second kappa shape index (κ2) is 7.55. The third-order valence-electron chi connectivity index (χ3n) is 1.79. The first-order chi connectivity index (χ1) is 7.00. The molecule has 1 aromatic carbocycles. The van der Waals surface area contributed by atoms with Gasteiger partial charge in [0.15, 0.2) is 0 Å². The summed E-state index contributed by atoms with van der Waals surface area (Å²) < 4.78 is 3.23. The van der Waals surface area contributed by atoms with E-state index in [4.69, 9.17) is 0 Å². The Hall–Kier alpha value is 0.250. The van der Waals surface area contributed by atoms with E-state index >= 15 is 0 Å². The lowest BCUT2D eigenvalue weighted by atomic mass is 10.4. The lowest BCUT2D eigenvalue weighted by Gasteiger charge is -2.10. The SMILES string of the molecule is CN(C)C(Sc1ccc(Br)cc1)=[N+](C)C.[I-]. The van der Waals surface area contributed by atoms with Crippen molar-refractivity contribution in [2.75, 3.05) is 28.2 Å². The minimum absolute atomic E-state index is 0.